The lowest BCUT2D eigenvalue weighted by atomic mass is 9.71. The molecule has 5 atom stereocenters. The van der Waals surface area contributed by atoms with E-state index in [9.17, 15) is 20.4 Å². The maximum absolute atomic E-state index is 12.4. The first-order valence-corrected chi connectivity index (χ1v) is 18.8. The Labute approximate surface area is 304 Å². The van der Waals surface area contributed by atoms with Crippen molar-refractivity contribution in [2.45, 2.75) is 82.2 Å². The van der Waals surface area contributed by atoms with Crippen molar-refractivity contribution >= 4 is 0 Å². The molecule has 3 aliphatic heterocycles. The molecule has 1 aliphatic carbocycles. The molecular formula is C43H48O9. The predicted octanol–water partition coefficient (Wildman–Crippen LogP) is 7.58. The van der Waals surface area contributed by atoms with E-state index in [1.54, 1.807) is 37.4 Å². The predicted molar refractivity (Wildman–Crippen MR) is 196 cm³/mol. The van der Waals surface area contributed by atoms with Gasteiger partial charge in [0.1, 0.15) is 40.6 Å². The lowest BCUT2D eigenvalue weighted by Gasteiger charge is -2.45. The van der Waals surface area contributed by atoms with Gasteiger partial charge < -0.3 is 44.1 Å². The second kappa shape index (κ2) is 14.9. The summed E-state index contributed by atoms with van der Waals surface area (Å²) in [5.74, 6) is 2.04. The monoisotopic (exact) mass is 708 g/mol. The highest BCUT2D eigenvalue weighted by Crippen LogP contribution is 2.53. The van der Waals surface area contributed by atoms with Crippen molar-refractivity contribution in [3.63, 3.8) is 0 Å². The number of methoxy groups -OCH3 is 1. The zero-order chi connectivity index (χ0) is 35.8. The highest BCUT2D eigenvalue weighted by atomic mass is 16.5. The van der Waals surface area contributed by atoms with Crippen LogP contribution in [0.5, 0.6) is 34.5 Å². The number of hydrogen-bond donors (Lipinski definition) is 4. The molecule has 4 aromatic rings. The number of ether oxygens (including phenoxy) is 5. The highest BCUT2D eigenvalue weighted by molar-refractivity contribution is 5.70. The van der Waals surface area contributed by atoms with Crippen LogP contribution >= 0.6 is 0 Å². The van der Waals surface area contributed by atoms with Crippen molar-refractivity contribution in [1.29, 1.82) is 0 Å². The number of hydrogen-bond acceptors (Lipinski definition) is 9. The molecule has 3 heterocycles. The minimum atomic E-state index is -0.977. The van der Waals surface area contributed by atoms with Gasteiger partial charge in [0.05, 0.1) is 31.5 Å². The molecule has 0 spiro atoms. The van der Waals surface area contributed by atoms with Gasteiger partial charge in [0, 0.05) is 54.2 Å². The molecule has 0 saturated heterocycles. The molecule has 0 bridgehead atoms. The molecule has 0 amide bonds. The molecule has 9 nitrogen and oxygen atoms in total. The number of rotatable bonds is 10. The van der Waals surface area contributed by atoms with Crippen molar-refractivity contribution in [3.8, 4) is 45.6 Å². The molecule has 52 heavy (non-hydrogen) atoms. The summed E-state index contributed by atoms with van der Waals surface area (Å²) in [7, 11) is 1.68. The van der Waals surface area contributed by atoms with Gasteiger partial charge in [-0.25, -0.2) is 0 Å². The maximum atomic E-state index is 12.4. The first-order chi connectivity index (χ1) is 25.4. The van der Waals surface area contributed by atoms with Crippen LogP contribution in [0.2, 0.25) is 0 Å². The summed E-state index contributed by atoms with van der Waals surface area (Å²) in [6.07, 6.45) is 5.45. The van der Waals surface area contributed by atoms with Crippen molar-refractivity contribution in [2.75, 3.05) is 26.9 Å². The topological polar surface area (TPSA) is 127 Å². The molecular weight excluding hydrogens is 660 g/mol. The van der Waals surface area contributed by atoms with E-state index in [4.69, 9.17) is 23.7 Å². The van der Waals surface area contributed by atoms with Crippen LogP contribution in [0.15, 0.2) is 66.7 Å². The molecule has 1 fully saturated rings. The van der Waals surface area contributed by atoms with E-state index in [1.165, 1.54) is 0 Å². The number of fused-ring (bicyclic) bond motifs is 4. The molecule has 0 aromatic heterocycles. The normalized spacial score (nSPS) is 23.8. The standard InChI is InChI=1S/C43H48O9/c1-48-17-6-12-37-40(42(47)39-33-11-5-18-49-36(33)15-16-38(39)52-37)35-24-50-43-27(22-31(23-34(43)41(35)46)51-30-9-2-3-10-30)19-26-21-29(45)13-14-32(26)25-7-4-8-28(44)20-25/h4,7-8,13-16,20-23,30,35,37,40-42,44-47H,2-3,5-6,9-12,17-19,24H2,1H3/t35-,37-,40-,41-,42+/m1/s1. The summed E-state index contributed by atoms with van der Waals surface area (Å²) < 4.78 is 31.3. The lowest BCUT2D eigenvalue weighted by Crippen LogP contribution is -2.46. The van der Waals surface area contributed by atoms with E-state index < -0.39 is 24.0 Å². The summed E-state index contributed by atoms with van der Waals surface area (Å²) in [4.78, 5) is 0. The largest absolute Gasteiger partial charge is 0.508 e. The van der Waals surface area contributed by atoms with Crippen molar-refractivity contribution < 1.29 is 44.1 Å². The van der Waals surface area contributed by atoms with E-state index in [2.05, 4.69) is 0 Å². The third-order valence-corrected chi connectivity index (χ3v) is 11.3. The van der Waals surface area contributed by atoms with Crippen LogP contribution in [0, 0.1) is 11.8 Å². The minimum Gasteiger partial charge on any atom is -0.508 e. The van der Waals surface area contributed by atoms with E-state index in [0.29, 0.717) is 48.9 Å². The van der Waals surface area contributed by atoms with Crippen molar-refractivity contribution in [2.24, 2.45) is 11.8 Å². The Hall–Kier alpha value is -4.44. The number of phenols is 2. The minimum absolute atomic E-state index is 0.0932. The van der Waals surface area contributed by atoms with Gasteiger partial charge in [-0.05, 0) is 117 Å². The Kier molecular flexibility index (Phi) is 9.92. The molecule has 0 unspecified atom stereocenters. The van der Waals surface area contributed by atoms with Crippen LogP contribution in [0.25, 0.3) is 11.1 Å². The Morgan fingerprint density at radius 3 is 2.48 bits per heavy atom. The Morgan fingerprint density at radius 1 is 0.827 bits per heavy atom. The third-order valence-electron chi connectivity index (χ3n) is 11.3. The van der Waals surface area contributed by atoms with Crippen molar-refractivity contribution in [1.82, 2.24) is 0 Å². The van der Waals surface area contributed by atoms with E-state index in [0.717, 1.165) is 84.1 Å². The van der Waals surface area contributed by atoms with Crippen LogP contribution in [-0.4, -0.2) is 59.6 Å². The molecule has 4 aliphatic rings. The Bertz CT molecular complexity index is 1900. The summed E-state index contributed by atoms with van der Waals surface area (Å²) in [6.45, 7) is 1.38. The highest BCUT2D eigenvalue weighted by Gasteiger charge is 2.48. The van der Waals surface area contributed by atoms with Crippen LogP contribution in [0.3, 0.4) is 0 Å². The summed E-state index contributed by atoms with van der Waals surface area (Å²) >= 11 is 0. The molecule has 9 heteroatoms. The third kappa shape index (κ3) is 6.77. The summed E-state index contributed by atoms with van der Waals surface area (Å²) in [5.41, 5.74) is 5.70. The Morgan fingerprint density at radius 2 is 1.65 bits per heavy atom. The number of aliphatic hydroxyl groups is 2. The van der Waals surface area contributed by atoms with Crippen molar-refractivity contribution in [3.05, 3.63) is 94.5 Å². The molecule has 0 radical (unpaired) electrons. The second-order valence-corrected chi connectivity index (χ2v) is 14.7. The molecule has 8 rings (SSSR count). The summed E-state index contributed by atoms with van der Waals surface area (Å²) in [6, 6.07) is 20.0. The fraction of sp³-hybridized carbons (Fsp3) is 0.442. The number of aliphatic hydroxyl groups excluding tert-OH is 2. The lowest BCUT2D eigenvalue weighted by molar-refractivity contribution is -0.0894. The van der Waals surface area contributed by atoms with Gasteiger partial charge in [-0.3, -0.25) is 0 Å². The van der Waals surface area contributed by atoms with E-state index >= 15 is 0 Å². The van der Waals surface area contributed by atoms with Gasteiger partial charge in [0.2, 0.25) is 0 Å². The van der Waals surface area contributed by atoms with Gasteiger partial charge >= 0.3 is 0 Å². The van der Waals surface area contributed by atoms with Gasteiger partial charge in [-0.2, -0.15) is 0 Å². The fourth-order valence-corrected chi connectivity index (χ4v) is 8.89. The van der Waals surface area contributed by atoms with E-state index in [-0.39, 0.29) is 30.3 Å². The van der Waals surface area contributed by atoms with Gasteiger partial charge in [-0.1, -0.05) is 18.2 Å². The van der Waals surface area contributed by atoms with Crippen LogP contribution in [0.1, 0.15) is 85.0 Å². The summed E-state index contributed by atoms with van der Waals surface area (Å²) in [5, 5.41) is 45.6. The maximum Gasteiger partial charge on any atom is 0.128 e. The quantitative estimate of drug-likeness (QED) is 0.123. The molecule has 1 saturated carbocycles. The average Bonchev–Trinajstić information content (AvgIpc) is 3.66. The number of benzene rings is 4. The Balaban J connectivity index is 1.18. The van der Waals surface area contributed by atoms with Crippen LogP contribution < -0.4 is 18.9 Å². The van der Waals surface area contributed by atoms with Crippen LogP contribution in [0.4, 0.5) is 0 Å². The fourth-order valence-electron chi connectivity index (χ4n) is 8.89. The smallest absolute Gasteiger partial charge is 0.128 e. The average molecular weight is 709 g/mol. The molecule has 4 N–H and O–H groups in total. The molecule has 4 aromatic carbocycles. The van der Waals surface area contributed by atoms with Crippen LogP contribution in [-0.2, 0) is 17.6 Å². The van der Waals surface area contributed by atoms with Gasteiger partial charge in [0.25, 0.3) is 0 Å². The number of aromatic hydroxyl groups is 2. The van der Waals surface area contributed by atoms with Gasteiger partial charge in [0.15, 0.2) is 0 Å². The van der Waals surface area contributed by atoms with E-state index in [1.807, 2.05) is 36.4 Å². The first kappa shape index (κ1) is 34.6. The zero-order valence-corrected chi connectivity index (χ0v) is 29.6. The number of phenolic OH excluding ortho intramolecular Hbond substituents is 2. The van der Waals surface area contributed by atoms with Gasteiger partial charge in [-0.15, -0.1) is 0 Å². The zero-order valence-electron chi connectivity index (χ0n) is 29.6. The SMILES string of the molecule is COCCC[C@H]1Oc2ccc3c(c2[C@H](O)[C@@H]1[C@H]1COc2c(Cc4cc(O)ccc4-c4cccc(O)c4)cc(OC4CCCC4)cc2[C@H]1O)CCCO3. The first-order valence-electron chi connectivity index (χ1n) is 18.8. The molecule has 274 valence electrons. The second-order valence-electron chi connectivity index (χ2n) is 14.7.